The lowest BCUT2D eigenvalue weighted by atomic mass is 10.00. The third-order valence-corrected chi connectivity index (χ3v) is 19.2. The minimum atomic E-state index is -4.13. The number of carbonyl (C=O) groups is 16. The molecule has 2 rings (SSSR count). The number of unbranched alkanes of at least 4 members (excludes halogenated alkanes) is 2. The third kappa shape index (κ3) is 49.6. The Kier molecular flexibility index (Phi) is 48.7. The van der Waals surface area contributed by atoms with E-state index in [1.807, 2.05) is 13.8 Å². The summed E-state index contributed by atoms with van der Waals surface area (Å²) in [6.07, 6.45) is -9.50. The second kappa shape index (κ2) is 54.8. The van der Waals surface area contributed by atoms with Crippen LogP contribution in [0.5, 0.6) is 0 Å². The molecule has 0 spiro atoms. The molecule has 1 unspecified atom stereocenters. The summed E-state index contributed by atoms with van der Waals surface area (Å²) < 4.78 is 51.9. The Morgan fingerprint density at radius 2 is 0.850 bits per heavy atom. The molecule has 43 nitrogen and oxygen atoms in total. The van der Waals surface area contributed by atoms with E-state index in [0.717, 1.165) is 13.8 Å². The number of amides is 16. The molecule has 1 aliphatic heterocycles. The molecule has 1 aliphatic rings. The monoisotopic (exact) mass is 1830 g/mol. The molecule has 0 bridgehead atoms. The molecule has 0 radical (unpaired) electrons. The number of hydrogen-bond donors (Lipinski definition) is 19. The van der Waals surface area contributed by atoms with Crippen LogP contribution in [0.15, 0.2) is 30.3 Å². The number of benzene rings is 1. The van der Waals surface area contributed by atoms with E-state index in [9.17, 15) is 72.3 Å². The van der Waals surface area contributed by atoms with Gasteiger partial charge >= 0.3 is 38.2 Å². The summed E-state index contributed by atoms with van der Waals surface area (Å²) in [5.41, 5.74) is -4.55. The molecule has 722 valence electrons. The maximum absolute atomic E-state index is 15.5. The van der Waals surface area contributed by atoms with E-state index < -0.39 is 268 Å². The van der Waals surface area contributed by atoms with Crippen LogP contribution in [0.3, 0.4) is 0 Å². The van der Waals surface area contributed by atoms with Crippen molar-refractivity contribution in [1.82, 2.24) is 90.2 Å². The van der Waals surface area contributed by atoms with Crippen LogP contribution in [0.4, 0.5) is 24.0 Å². The minimum absolute atomic E-state index is 0.00504. The second-order valence-corrected chi connectivity index (χ2v) is 37.9. The summed E-state index contributed by atoms with van der Waals surface area (Å²) in [5.74, 6) is -12.8. The smallest absolute Gasteiger partial charge is 0.407 e. The summed E-state index contributed by atoms with van der Waals surface area (Å²) in [6, 6.07) is -9.73. The van der Waals surface area contributed by atoms with Gasteiger partial charge in [-0.15, -0.1) is 0 Å². The van der Waals surface area contributed by atoms with Gasteiger partial charge in [0.15, 0.2) is 0 Å². The lowest BCUT2D eigenvalue weighted by Crippen LogP contribution is -2.62. The number of hydrogen-bond acceptors (Lipinski definition) is 26. The van der Waals surface area contributed by atoms with Gasteiger partial charge in [-0.1, -0.05) is 70.9 Å². The number of aliphatic hydroxyl groups is 2. The molecule has 0 aromatic heterocycles. The van der Waals surface area contributed by atoms with E-state index >= 15 is 19.2 Å². The van der Waals surface area contributed by atoms with Crippen molar-refractivity contribution in [2.45, 2.75) is 330 Å². The number of aliphatic hydroxyl groups excluding tert-OH is 2. The first-order valence-electron chi connectivity index (χ1n) is 43.1. The predicted molar refractivity (Wildman–Crippen MR) is 466 cm³/mol. The molecule has 1 aromatic rings. The van der Waals surface area contributed by atoms with Crippen LogP contribution in [0.1, 0.15) is 228 Å². The van der Waals surface area contributed by atoms with E-state index in [4.69, 9.17) is 32.7 Å². The number of rotatable bonds is 40. The molecule has 19 N–H and O–H groups in total. The summed E-state index contributed by atoms with van der Waals surface area (Å²) >= 11 is 0. The molecule has 16 amide bonds. The number of alkyl carbamates (subject to hydrolysis) is 5. The van der Waals surface area contributed by atoms with E-state index in [-0.39, 0.29) is 58.5 Å². The molecular formula is C83H144N17O26P. The SMILES string of the molecule is CCCCOP(=O)(NCC(=O)N[C@@H](CCNC(=O)OC(C)(C)C)C(=O)N[C@H](C(=O)N[C@@H](CCNC(=O)OC(C)(C)C)C(=O)N[C@H]1CCNC(=O)[C@H]([C@H](C)O)NC(=O)[C@H](CCCNC(=O)OC(C)(C)C)NC(=O)[C@H](CCNC(=O)OC(C)(C)C)NC(=O)[C@H](CC(C)C)NC(=O)[C@@H](Cc2ccccc2)NC(=O)[C@H](CCNC(=O)OC(C)(C)C)NC1=O)C(C)O)OCCCC. The van der Waals surface area contributed by atoms with Gasteiger partial charge in [0.2, 0.25) is 65.0 Å². The topological polar surface area (TPSA) is 600 Å². The summed E-state index contributed by atoms with van der Waals surface area (Å²) in [6.45, 7) is 29.9. The van der Waals surface area contributed by atoms with Gasteiger partial charge in [0, 0.05) is 45.7 Å². The molecular weight excluding hydrogens is 1680 g/mol. The molecule has 0 saturated carbocycles. The van der Waals surface area contributed by atoms with Gasteiger partial charge in [-0.05, 0) is 193 Å². The van der Waals surface area contributed by atoms with Crippen LogP contribution < -0.4 is 90.2 Å². The van der Waals surface area contributed by atoms with Gasteiger partial charge < -0.3 is 119 Å². The van der Waals surface area contributed by atoms with E-state index in [1.54, 1.807) is 148 Å². The first kappa shape index (κ1) is 113. The van der Waals surface area contributed by atoms with Gasteiger partial charge in [-0.25, -0.2) is 33.6 Å². The lowest BCUT2D eigenvalue weighted by molar-refractivity contribution is -0.137. The van der Waals surface area contributed by atoms with Crippen molar-refractivity contribution in [2.75, 3.05) is 59.0 Å². The van der Waals surface area contributed by atoms with Crippen LogP contribution in [0.25, 0.3) is 0 Å². The molecule has 127 heavy (non-hydrogen) atoms. The molecule has 1 aromatic carbocycles. The highest BCUT2D eigenvalue weighted by Gasteiger charge is 2.40. The highest BCUT2D eigenvalue weighted by molar-refractivity contribution is 7.51. The van der Waals surface area contributed by atoms with Crippen molar-refractivity contribution in [3.63, 3.8) is 0 Å². The van der Waals surface area contributed by atoms with Crippen molar-refractivity contribution in [3.05, 3.63) is 35.9 Å². The maximum Gasteiger partial charge on any atom is 0.407 e. The van der Waals surface area contributed by atoms with Crippen molar-refractivity contribution >= 4 is 103 Å². The molecule has 1 fully saturated rings. The predicted octanol–water partition coefficient (Wildman–Crippen LogP) is 2.70. The van der Waals surface area contributed by atoms with Crippen molar-refractivity contribution in [3.8, 4) is 0 Å². The molecule has 44 heteroatoms. The number of carbonyl (C=O) groups excluding carboxylic acids is 16. The standard InChI is InChI=1S/C83H144N17O26P/c1-22-24-44-120-127(119,121-45-25-23-2)90-48-61(103)91-54(34-40-86-75(115)123-80(10,11)12)69(109)100-63(51(6)102)73(113)96-58(37-43-89-78(118)126-83(19,20)21)66(106)93-55-33-39-84-72(112)62(50(5)101)99-68(108)53(32-29-38-85-74(114)122-79(7,8)9)92-64(104)56(35-41-87-76(116)124-81(13,14)15)95-70(110)59(46-49(3)4)97-71(111)60(47-52-30-27-26-28-31-52)98-67(107)57(94-65(55)105)36-42-88-77(117)125-82(16,17)18/h26-28,30-31,49-51,53-60,62-63,101-102H,22-25,29,32-48H2,1-21H3,(H,84,112)(H,85,114)(H,86,115)(H,87,116)(H,88,117)(H,89,118)(H,90,119)(H,91,103)(H,92,104)(H,93,106)(H,94,105)(H,95,110)(H,96,113)(H,97,111)(H,98,107)(H,99,108)(H,100,109)/t50-,51?,53-,54-,55-,56-,57-,58-,59-,60+,62-,63-/m0/s1. The van der Waals surface area contributed by atoms with Crippen LogP contribution in [-0.4, -0.2) is 265 Å². The van der Waals surface area contributed by atoms with Crippen molar-refractivity contribution in [2.24, 2.45) is 5.92 Å². The fourth-order valence-electron chi connectivity index (χ4n) is 11.6. The van der Waals surface area contributed by atoms with Gasteiger partial charge in [0.1, 0.15) is 88.4 Å². The Hall–Kier alpha value is -10.2. The Balaban J connectivity index is 3.13. The van der Waals surface area contributed by atoms with Crippen LogP contribution in [0.2, 0.25) is 0 Å². The maximum atomic E-state index is 15.5. The fraction of sp³-hybridized carbons (Fsp3) is 0.735. The number of ether oxygens (including phenoxy) is 5. The Morgan fingerprint density at radius 1 is 0.457 bits per heavy atom. The Bertz CT molecular complexity index is 3790. The zero-order chi connectivity index (χ0) is 96.4. The summed E-state index contributed by atoms with van der Waals surface area (Å²) in [5, 5.41) is 65.6. The van der Waals surface area contributed by atoms with E-state index in [0.29, 0.717) is 31.2 Å². The van der Waals surface area contributed by atoms with E-state index in [2.05, 4.69) is 90.2 Å². The average Bonchev–Trinajstić information content (AvgIpc) is 1.40. The molecule has 12 atom stereocenters. The highest BCUT2D eigenvalue weighted by Crippen LogP contribution is 2.44. The van der Waals surface area contributed by atoms with E-state index in [1.165, 1.54) is 0 Å². The quantitative estimate of drug-likeness (QED) is 0.0255. The molecule has 1 heterocycles. The minimum Gasteiger partial charge on any atom is -0.444 e. The van der Waals surface area contributed by atoms with Gasteiger partial charge in [0.25, 0.3) is 0 Å². The largest absolute Gasteiger partial charge is 0.444 e. The Morgan fingerprint density at radius 3 is 1.28 bits per heavy atom. The lowest BCUT2D eigenvalue weighted by Gasteiger charge is -2.29. The zero-order valence-corrected chi connectivity index (χ0v) is 78.5. The summed E-state index contributed by atoms with van der Waals surface area (Å²) in [7, 11) is -4.13. The first-order valence-corrected chi connectivity index (χ1v) is 44.6. The highest BCUT2D eigenvalue weighted by atomic mass is 31.2. The second-order valence-electron chi connectivity index (χ2n) is 36.0. The van der Waals surface area contributed by atoms with Crippen LogP contribution >= 0.6 is 7.75 Å². The first-order chi connectivity index (χ1) is 58.9. The third-order valence-electron chi connectivity index (χ3n) is 17.6. The van der Waals surface area contributed by atoms with Gasteiger partial charge in [0.05, 0.1) is 32.0 Å². The van der Waals surface area contributed by atoms with Crippen molar-refractivity contribution in [1.29, 1.82) is 0 Å². The van der Waals surface area contributed by atoms with Gasteiger partial charge in [-0.3, -0.25) is 61.8 Å². The fourth-order valence-corrected chi connectivity index (χ4v) is 12.9. The van der Waals surface area contributed by atoms with Crippen molar-refractivity contribution < 1.29 is 124 Å². The Labute approximate surface area is 744 Å². The number of nitrogens with one attached hydrogen (secondary N) is 17. The molecule has 0 aliphatic carbocycles. The summed E-state index contributed by atoms with van der Waals surface area (Å²) in [4.78, 5) is 229. The molecule has 1 saturated heterocycles. The normalized spacial score (nSPS) is 19.4. The van der Waals surface area contributed by atoms with Crippen LogP contribution in [-0.2, 0) is 96.5 Å². The van der Waals surface area contributed by atoms with Crippen LogP contribution in [0, 0.1) is 5.92 Å². The van der Waals surface area contributed by atoms with Gasteiger partial charge in [-0.2, -0.15) is 0 Å². The zero-order valence-electron chi connectivity index (χ0n) is 77.6. The average molecular weight is 1830 g/mol.